The molecule has 0 radical (unpaired) electrons. The number of likely N-dealkylation sites (N-methyl/N-ethyl adjacent to an activating group) is 1. The van der Waals surface area contributed by atoms with E-state index in [0.29, 0.717) is 22.3 Å². The average molecular weight is 389 g/mol. The molecule has 4 rings (SSSR count). The maximum atomic E-state index is 14.8. The van der Waals surface area contributed by atoms with E-state index in [-0.39, 0.29) is 17.6 Å². The highest BCUT2D eigenvalue weighted by Gasteiger charge is 2.49. The van der Waals surface area contributed by atoms with Gasteiger partial charge in [0.25, 0.3) is 5.91 Å². The molecule has 1 amide bonds. The van der Waals surface area contributed by atoms with Crippen molar-refractivity contribution in [2.24, 2.45) is 10.7 Å². The molecule has 3 aromatic rings. The number of guanidine groups is 1. The Hall–Kier alpha value is -3.67. The minimum absolute atomic E-state index is 0.136. The summed E-state index contributed by atoms with van der Waals surface area (Å²) in [6.45, 7) is 0. The molecule has 29 heavy (non-hydrogen) atoms. The Labute approximate surface area is 168 Å². The Bertz CT molecular complexity index is 1110. The van der Waals surface area contributed by atoms with Gasteiger partial charge >= 0.3 is 0 Å². The highest BCUT2D eigenvalue weighted by molar-refractivity contribution is 6.09. The molecule has 146 valence electrons. The summed E-state index contributed by atoms with van der Waals surface area (Å²) in [4.78, 5) is 19.2. The van der Waals surface area contributed by atoms with E-state index in [1.807, 2.05) is 36.4 Å². The zero-order valence-electron chi connectivity index (χ0n) is 16.1. The van der Waals surface area contributed by atoms with Gasteiger partial charge in [-0.1, -0.05) is 60.7 Å². The first-order valence-electron chi connectivity index (χ1n) is 9.11. The van der Waals surface area contributed by atoms with E-state index in [1.165, 1.54) is 12.0 Å². The van der Waals surface area contributed by atoms with Crippen LogP contribution < -0.4 is 10.5 Å². The third-order valence-corrected chi connectivity index (χ3v) is 5.21. The molecule has 0 spiro atoms. The summed E-state index contributed by atoms with van der Waals surface area (Å²) in [5, 5.41) is 0. The lowest BCUT2D eigenvalue weighted by Gasteiger charge is -2.26. The number of hydrogen-bond acceptors (Lipinski definition) is 4. The molecular weight excluding hydrogens is 369 g/mol. The van der Waals surface area contributed by atoms with Crippen molar-refractivity contribution in [2.45, 2.75) is 5.54 Å². The molecular formula is C23H20FN3O2. The highest BCUT2D eigenvalue weighted by atomic mass is 19.1. The second-order valence-corrected chi connectivity index (χ2v) is 6.81. The number of benzene rings is 3. The zero-order valence-corrected chi connectivity index (χ0v) is 16.1. The second-order valence-electron chi connectivity index (χ2n) is 6.81. The number of carbonyl (C=O) groups is 1. The van der Waals surface area contributed by atoms with Crippen LogP contribution in [0.1, 0.15) is 11.1 Å². The van der Waals surface area contributed by atoms with Gasteiger partial charge in [0, 0.05) is 12.6 Å². The standard InChI is InChI=1S/C23H20FN3O2/c1-27-21(28)23(26-22(27)25,16-9-4-3-5-10-16)17-11-6-8-15(14-17)18-12-7-13-19(29-2)20(18)24/h3-14H,1-2H3,(H2,25,26). The molecule has 1 atom stereocenters. The first-order valence-corrected chi connectivity index (χ1v) is 9.11. The summed E-state index contributed by atoms with van der Waals surface area (Å²) in [6, 6.07) is 21.4. The Kier molecular flexibility index (Phi) is 4.54. The van der Waals surface area contributed by atoms with Crippen molar-refractivity contribution in [3.63, 3.8) is 0 Å². The lowest BCUT2D eigenvalue weighted by atomic mass is 9.81. The second kappa shape index (κ2) is 7.05. The molecule has 0 bridgehead atoms. The number of hydrogen-bond donors (Lipinski definition) is 1. The van der Waals surface area contributed by atoms with Crippen LogP contribution in [0.3, 0.4) is 0 Å². The van der Waals surface area contributed by atoms with Gasteiger partial charge in [0.05, 0.1) is 7.11 Å². The molecule has 1 unspecified atom stereocenters. The van der Waals surface area contributed by atoms with Gasteiger partial charge in [0.1, 0.15) is 0 Å². The number of methoxy groups -OCH3 is 1. The Balaban J connectivity index is 1.94. The van der Waals surface area contributed by atoms with Crippen molar-refractivity contribution in [1.29, 1.82) is 0 Å². The van der Waals surface area contributed by atoms with Crippen LogP contribution in [0, 0.1) is 5.82 Å². The van der Waals surface area contributed by atoms with E-state index in [9.17, 15) is 9.18 Å². The van der Waals surface area contributed by atoms with E-state index in [4.69, 9.17) is 10.5 Å². The van der Waals surface area contributed by atoms with E-state index in [2.05, 4.69) is 4.99 Å². The monoisotopic (exact) mass is 389 g/mol. The topological polar surface area (TPSA) is 67.9 Å². The average Bonchev–Trinajstić information content (AvgIpc) is 2.99. The van der Waals surface area contributed by atoms with Crippen LogP contribution in [0.5, 0.6) is 5.75 Å². The van der Waals surface area contributed by atoms with Crippen LogP contribution in [-0.2, 0) is 10.3 Å². The molecule has 3 aromatic carbocycles. The van der Waals surface area contributed by atoms with Crippen molar-refractivity contribution in [2.75, 3.05) is 14.2 Å². The van der Waals surface area contributed by atoms with Crippen molar-refractivity contribution in [3.05, 3.63) is 89.7 Å². The zero-order chi connectivity index (χ0) is 20.6. The van der Waals surface area contributed by atoms with Gasteiger partial charge in [-0.2, -0.15) is 0 Å². The number of ether oxygens (including phenoxy) is 1. The number of nitrogens with two attached hydrogens (primary N) is 1. The highest BCUT2D eigenvalue weighted by Crippen LogP contribution is 2.41. The number of aliphatic imine (C=N–C) groups is 1. The predicted octanol–water partition coefficient (Wildman–Crippen LogP) is 3.53. The van der Waals surface area contributed by atoms with Gasteiger partial charge in [-0.3, -0.25) is 9.69 Å². The molecule has 0 saturated heterocycles. The van der Waals surface area contributed by atoms with Gasteiger partial charge in [0.15, 0.2) is 23.1 Å². The Morgan fingerprint density at radius 2 is 1.69 bits per heavy atom. The molecule has 1 heterocycles. The summed E-state index contributed by atoms with van der Waals surface area (Å²) >= 11 is 0. The number of carbonyl (C=O) groups excluding carboxylic acids is 1. The molecule has 1 aliphatic heterocycles. The summed E-state index contributed by atoms with van der Waals surface area (Å²) in [6.07, 6.45) is 0. The van der Waals surface area contributed by atoms with Crippen molar-refractivity contribution in [3.8, 4) is 16.9 Å². The smallest absolute Gasteiger partial charge is 0.266 e. The Morgan fingerprint density at radius 3 is 2.34 bits per heavy atom. The van der Waals surface area contributed by atoms with Crippen LogP contribution in [0.2, 0.25) is 0 Å². The summed E-state index contributed by atoms with van der Waals surface area (Å²) in [5.74, 6) is -0.426. The lowest BCUT2D eigenvalue weighted by Crippen LogP contribution is -2.41. The van der Waals surface area contributed by atoms with Gasteiger partial charge in [-0.25, -0.2) is 9.38 Å². The minimum atomic E-state index is -1.31. The van der Waals surface area contributed by atoms with Crippen LogP contribution in [0.4, 0.5) is 4.39 Å². The maximum Gasteiger partial charge on any atom is 0.266 e. The maximum absolute atomic E-state index is 14.8. The summed E-state index contributed by atoms with van der Waals surface area (Å²) in [7, 11) is 3.02. The number of nitrogens with zero attached hydrogens (tertiary/aromatic N) is 2. The third-order valence-electron chi connectivity index (χ3n) is 5.21. The van der Waals surface area contributed by atoms with Crippen LogP contribution in [0.25, 0.3) is 11.1 Å². The van der Waals surface area contributed by atoms with Gasteiger partial charge in [0.2, 0.25) is 0 Å². The minimum Gasteiger partial charge on any atom is -0.494 e. The van der Waals surface area contributed by atoms with E-state index in [1.54, 1.807) is 43.4 Å². The van der Waals surface area contributed by atoms with Crippen molar-refractivity contribution in [1.82, 2.24) is 4.90 Å². The molecule has 0 saturated carbocycles. The SMILES string of the molecule is COc1cccc(-c2cccc(C3(c4ccccc4)N=C(N)N(C)C3=O)c2)c1F. The third kappa shape index (κ3) is 2.84. The van der Waals surface area contributed by atoms with E-state index >= 15 is 0 Å². The normalized spacial score (nSPS) is 18.7. The van der Waals surface area contributed by atoms with Crippen LogP contribution in [-0.4, -0.2) is 30.9 Å². The fourth-order valence-corrected chi connectivity index (χ4v) is 3.67. The molecule has 2 N–H and O–H groups in total. The summed E-state index contributed by atoms with van der Waals surface area (Å²) in [5.41, 5.74) is 7.00. The molecule has 0 fully saturated rings. The largest absolute Gasteiger partial charge is 0.494 e. The van der Waals surface area contributed by atoms with Crippen molar-refractivity contribution >= 4 is 11.9 Å². The first-order chi connectivity index (χ1) is 14.0. The predicted molar refractivity (Wildman–Crippen MR) is 110 cm³/mol. The first kappa shape index (κ1) is 18.7. The summed E-state index contributed by atoms with van der Waals surface area (Å²) < 4.78 is 19.9. The van der Waals surface area contributed by atoms with Crippen LogP contribution >= 0.6 is 0 Å². The van der Waals surface area contributed by atoms with Gasteiger partial charge in [-0.05, 0) is 28.8 Å². The van der Waals surface area contributed by atoms with E-state index < -0.39 is 11.4 Å². The number of halogens is 1. The van der Waals surface area contributed by atoms with Crippen molar-refractivity contribution < 1.29 is 13.9 Å². The van der Waals surface area contributed by atoms with Gasteiger partial charge < -0.3 is 10.5 Å². The fourth-order valence-electron chi connectivity index (χ4n) is 3.67. The molecule has 0 aliphatic carbocycles. The lowest BCUT2D eigenvalue weighted by molar-refractivity contribution is -0.129. The molecule has 5 nitrogen and oxygen atoms in total. The Morgan fingerprint density at radius 1 is 1.00 bits per heavy atom. The quantitative estimate of drug-likeness (QED) is 0.742. The van der Waals surface area contributed by atoms with E-state index in [0.717, 1.165) is 0 Å². The fraction of sp³-hybridized carbons (Fsp3) is 0.130. The molecule has 6 heteroatoms. The van der Waals surface area contributed by atoms with Crippen LogP contribution in [0.15, 0.2) is 77.8 Å². The molecule has 1 aliphatic rings. The van der Waals surface area contributed by atoms with Gasteiger partial charge in [-0.15, -0.1) is 0 Å². The molecule has 0 aromatic heterocycles. The number of rotatable bonds is 4. The number of amides is 1.